The van der Waals surface area contributed by atoms with E-state index in [4.69, 9.17) is 0 Å². The molecule has 68 valence electrons. The number of ether oxygens (including phenoxy) is 1. The van der Waals surface area contributed by atoms with E-state index >= 15 is 0 Å². The summed E-state index contributed by atoms with van der Waals surface area (Å²) in [6, 6.07) is 6.98. The Hall–Kier alpha value is -0.337. The van der Waals surface area contributed by atoms with Crippen molar-refractivity contribution in [3.63, 3.8) is 0 Å². The van der Waals surface area contributed by atoms with Gasteiger partial charge in [0.05, 0.1) is 7.11 Å². The molecule has 0 fully saturated rings. The summed E-state index contributed by atoms with van der Waals surface area (Å²) in [4.78, 5) is 10.9. The van der Waals surface area contributed by atoms with Crippen LogP contribution in [0.1, 0.15) is 15.9 Å². The molecule has 0 radical (unpaired) electrons. The molecule has 0 aliphatic heterocycles. The third-order valence-electron chi connectivity index (χ3n) is 1.35. The zero-order chi connectivity index (χ0) is 8.27. The van der Waals surface area contributed by atoms with E-state index in [0.29, 0.717) is 5.56 Å². The smallest absolute Gasteiger partial charge is 0.325 e. The van der Waals surface area contributed by atoms with E-state index in [2.05, 4.69) is 11.7 Å². The molecule has 0 bridgehead atoms. The predicted molar refractivity (Wildman–Crippen MR) is 52.6 cm³/mol. The second kappa shape index (κ2) is 7.10. The standard InChI is InChI=1S/C9H9O2.BrH.Zn/c1-7-4-3-5-8(6-7)9(10)11-2;;/h3-6H,1H2,2H3;1H;/q-1;;. The molecule has 0 N–H and O–H groups in total. The van der Waals surface area contributed by atoms with Gasteiger partial charge in [-0.25, -0.2) is 4.79 Å². The van der Waals surface area contributed by atoms with Crippen molar-refractivity contribution in [2.75, 3.05) is 7.11 Å². The van der Waals surface area contributed by atoms with Gasteiger partial charge in [-0.3, -0.25) is 0 Å². The predicted octanol–water partition coefficient (Wildman–Crippen LogP) is 2.23. The third kappa shape index (κ3) is 4.44. The maximum Gasteiger partial charge on any atom is 0.325 e. The minimum absolute atomic E-state index is 0. The van der Waals surface area contributed by atoms with Crippen molar-refractivity contribution >= 4 is 23.0 Å². The maximum atomic E-state index is 10.9. The van der Waals surface area contributed by atoms with Crippen LogP contribution < -0.4 is 0 Å². The molecule has 0 saturated heterocycles. The zero-order valence-corrected chi connectivity index (χ0v) is 12.1. The van der Waals surface area contributed by atoms with Crippen molar-refractivity contribution in [3.8, 4) is 0 Å². The third-order valence-corrected chi connectivity index (χ3v) is 1.35. The number of hydrogen-bond acceptors (Lipinski definition) is 2. The van der Waals surface area contributed by atoms with Gasteiger partial charge in [-0.15, -0.1) is 29.1 Å². The van der Waals surface area contributed by atoms with Crippen molar-refractivity contribution in [2.45, 2.75) is 0 Å². The van der Waals surface area contributed by atoms with E-state index in [9.17, 15) is 4.79 Å². The fourth-order valence-corrected chi connectivity index (χ4v) is 0.816. The Bertz CT molecular complexity index is 276. The van der Waals surface area contributed by atoms with Gasteiger partial charge in [-0.05, 0) is 0 Å². The summed E-state index contributed by atoms with van der Waals surface area (Å²) in [5, 5.41) is 0. The summed E-state index contributed by atoms with van der Waals surface area (Å²) in [6.45, 7) is 3.69. The quantitative estimate of drug-likeness (QED) is 0.451. The number of halogens is 1. The number of carbonyl (C=O) groups excluding carboxylic acids is 1. The molecule has 0 aliphatic rings. The second-order valence-electron chi connectivity index (χ2n) is 2.19. The average Bonchev–Trinajstić information content (AvgIpc) is 2.03. The number of rotatable bonds is 1. The number of benzene rings is 1. The van der Waals surface area contributed by atoms with E-state index in [-0.39, 0.29) is 42.4 Å². The Morgan fingerprint density at radius 1 is 1.46 bits per heavy atom. The minimum atomic E-state index is -0.324. The van der Waals surface area contributed by atoms with Crippen LogP contribution in [0.15, 0.2) is 24.3 Å². The van der Waals surface area contributed by atoms with Gasteiger partial charge in [0.15, 0.2) is 0 Å². The van der Waals surface area contributed by atoms with Crippen LogP contribution in [0.3, 0.4) is 0 Å². The number of methoxy groups -OCH3 is 1. The molecule has 0 aromatic heterocycles. The molecule has 1 aromatic carbocycles. The summed E-state index contributed by atoms with van der Waals surface area (Å²) >= 11 is 0. The molecule has 0 spiro atoms. The van der Waals surface area contributed by atoms with Gasteiger partial charge in [-0.2, -0.15) is 18.6 Å². The Balaban J connectivity index is 0. The van der Waals surface area contributed by atoms with Crippen LogP contribution in [0.25, 0.3) is 0 Å². The molecule has 0 heterocycles. The van der Waals surface area contributed by atoms with Crippen molar-refractivity contribution in [1.82, 2.24) is 0 Å². The Kier molecular flexibility index (Phi) is 8.28. The van der Waals surface area contributed by atoms with E-state index in [1.807, 2.05) is 6.07 Å². The molecule has 0 saturated carbocycles. The number of hydrogen-bond donors (Lipinski definition) is 0. The Morgan fingerprint density at radius 2 is 2.08 bits per heavy atom. The van der Waals surface area contributed by atoms with Gasteiger partial charge in [0.2, 0.25) is 0 Å². The zero-order valence-electron chi connectivity index (χ0n) is 7.45. The van der Waals surface area contributed by atoms with E-state index in [1.54, 1.807) is 18.2 Å². The fourth-order valence-electron chi connectivity index (χ4n) is 0.816. The number of carbonyl (C=O) groups is 1. The van der Waals surface area contributed by atoms with Crippen LogP contribution >= 0.6 is 17.0 Å². The molecule has 0 unspecified atom stereocenters. The molecule has 4 heteroatoms. The minimum Gasteiger partial charge on any atom is -0.466 e. The molecule has 0 aliphatic carbocycles. The van der Waals surface area contributed by atoms with E-state index in [1.165, 1.54) is 7.11 Å². The normalized spacial score (nSPS) is 7.77. The van der Waals surface area contributed by atoms with Crippen molar-refractivity contribution in [1.29, 1.82) is 0 Å². The van der Waals surface area contributed by atoms with Gasteiger partial charge in [0, 0.05) is 25.0 Å². The Morgan fingerprint density at radius 3 is 2.54 bits per heavy atom. The summed E-state index contributed by atoms with van der Waals surface area (Å²) in [5.74, 6) is -0.324. The summed E-state index contributed by atoms with van der Waals surface area (Å²) < 4.78 is 4.52. The van der Waals surface area contributed by atoms with Crippen LogP contribution in [-0.2, 0) is 24.2 Å². The molecule has 0 amide bonds. The van der Waals surface area contributed by atoms with Crippen LogP contribution in [0.4, 0.5) is 0 Å². The van der Waals surface area contributed by atoms with Crippen LogP contribution in [-0.4, -0.2) is 13.1 Å². The topological polar surface area (TPSA) is 26.3 Å². The summed E-state index contributed by atoms with van der Waals surface area (Å²) in [6.07, 6.45) is 0. The van der Waals surface area contributed by atoms with Gasteiger partial charge in [0.1, 0.15) is 0 Å². The molecule has 2 nitrogen and oxygen atoms in total. The van der Waals surface area contributed by atoms with Crippen LogP contribution in [0.2, 0.25) is 0 Å². The first-order valence-corrected chi connectivity index (χ1v) is 3.24. The van der Waals surface area contributed by atoms with Gasteiger partial charge in [-0.1, -0.05) is 6.07 Å². The molecule has 1 aromatic rings. The first-order chi connectivity index (χ1) is 5.24. The van der Waals surface area contributed by atoms with Gasteiger partial charge in [0.25, 0.3) is 0 Å². The molecular formula is C9H10BrO2Zn-. The largest absolute Gasteiger partial charge is 0.466 e. The van der Waals surface area contributed by atoms with Crippen molar-refractivity contribution < 1.29 is 29.0 Å². The fraction of sp³-hybridized carbons (Fsp3) is 0.111. The molecular weight excluding hydrogens is 285 g/mol. The molecule has 0 atom stereocenters. The summed E-state index contributed by atoms with van der Waals surface area (Å²) in [5.41, 5.74) is 1.35. The monoisotopic (exact) mass is 293 g/mol. The van der Waals surface area contributed by atoms with Crippen molar-refractivity contribution in [3.05, 3.63) is 42.3 Å². The van der Waals surface area contributed by atoms with E-state index < -0.39 is 0 Å². The molecule has 13 heavy (non-hydrogen) atoms. The first kappa shape index (κ1) is 15.1. The SMILES string of the molecule is Br.[CH2-]c1cccc(C(=O)OC)c1.[Zn]. The molecule has 1 rings (SSSR count). The van der Waals surface area contributed by atoms with Gasteiger partial charge >= 0.3 is 5.97 Å². The van der Waals surface area contributed by atoms with Crippen molar-refractivity contribution in [2.24, 2.45) is 0 Å². The van der Waals surface area contributed by atoms with E-state index in [0.717, 1.165) is 5.56 Å². The summed E-state index contributed by atoms with van der Waals surface area (Å²) in [7, 11) is 1.36. The second-order valence-corrected chi connectivity index (χ2v) is 2.19. The maximum absolute atomic E-state index is 10.9. The average molecular weight is 295 g/mol. The van der Waals surface area contributed by atoms with Gasteiger partial charge < -0.3 is 4.74 Å². The van der Waals surface area contributed by atoms with Crippen LogP contribution in [0.5, 0.6) is 0 Å². The first-order valence-electron chi connectivity index (χ1n) is 3.24. The Labute approximate surface area is 101 Å². The number of esters is 1. The van der Waals surface area contributed by atoms with Crippen LogP contribution in [0, 0.1) is 6.92 Å².